The molecule has 0 bridgehead atoms. The Labute approximate surface area is 205 Å². The fourth-order valence-corrected chi connectivity index (χ4v) is 5.71. The van der Waals surface area contributed by atoms with Crippen LogP contribution < -0.4 is 15.5 Å². The van der Waals surface area contributed by atoms with Gasteiger partial charge < -0.3 is 15.5 Å². The lowest BCUT2D eigenvalue weighted by molar-refractivity contribution is -0.123. The number of allylic oxidation sites excluding steroid dienone is 2. The van der Waals surface area contributed by atoms with Crippen LogP contribution in [-0.4, -0.2) is 29.8 Å². The van der Waals surface area contributed by atoms with E-state index < -0.39 is 11.3 Å². The molecule has 1 aromatic heterocycles. The minimum atomic E-state index is -0.606. The first-order valence-electron chi connectivity index (χ1n) is 10.3. The Balaban J connectivity index is 1.78. The summed E-state index contributed by atoms with van der Waals surface area (Å²) in [5.74, 6) is -0.344. The van der Waals surface area contributed by atoms with E-state index in [0.29, 0.717) is 10.2 Å². The van der Waals surface area contributed by atoms with Gasteiger partial charge in [-0.3, -0.25) is 14.6 Å². The molecule has 0 radical (unpaired) electrons. The van der Waals surface area contributed by atoms with Crippen molar-refractivity contribution in [2.75, 3.05) is 28.6 Å². The highest BCUT2D eigenvalue weighted by Crippen LogP contribution is 2.48. The standard InChI is InChI=1S/C23H23BrCl2N4O2/c1-12-6-7-15(28-22(32)16-13(25)10-27-11-14(16)26)19(30-8-4-5-9-30)18(12)29-20-17(24)21(31)23(20,2)3/h6-7,10-11,29H,4-5,8-9H2,1-3H3,(H,28,32). The van der Waals surface area contributed by atoms with E-state index in [9.17, 15) is 9.59 Å². The van der Waals surface area contributed by atoms with Gasteiger partial charge in [0.25, 0.3) is 5.91 Å². The molecular weight excluding hydrogens is 515 g/mol. The van der Waals surface area contributed by atoms with E-state index >= 15 is 0 Å². The van der Waals surface area contributed by atoms with Crippen LogP contribution >= 0.6 is 39.1 Å². The molecular formula is C23H23BrCl2N4O2. The Morgan fingerprint density at radius 2 is 1.78 bits per heavy atom. The van der Waals surface area contributed by atoms with Crippen LogP contribution in [0.2, 0.25) is 10.0 Å². The van der Waals surface area contributed by atoms with E-state index in [0.717, 1.165) is 48.6 Å². The summed E-state index contributed by atoms with van der Waals surface area (Å²) >= 11 is 15.8. The normalized spacial score (nSPS) is 17.4. The smallest absolute Gasteiger partial charge is 0.258 e. The number of hydrogen-bond donors (Lipinski definition) is 2. The van der Waals surface area contributed by atoms with Crippen molar-refractivity contribution in [1.82, 2.24) is 4.98 Å². The second-order valence-electron chi connectivity index (χ2n) is 8.55. The number of rotatable bonds is 5. The maximum Gasteiger partial charge on any atom is 0.258 e. The third-order valence-electron chi connectivity index (χ3n) is 6.00. The number of carbonyl (C=O) groups is 2. The molecule has 0 atom stereocenters. The van der Waals surface area contributed by atoms with E-state index in [-0.39, 0.29) is 21.4 Å². The van der Waals surface area contributed by atoms with E-state index in [1.807, 2.05) is 32.9 Å². The average molecular weight is 538 g/mol. The van der Waals surface area contributed by atoms with Crippen LogP contribution in [-0.2, 0) is 4.79 Å². The minimum absolute atomic E-state index is 0.0619. The Morgan fingerprint density at radius 3 is 2.38 bits per heavy atom. The second-order valence-corrected chi connectivity index (χ2v) is 10.2. The molecule has 6 nitrogen and oxygen atoms in total. The van der Waals surface area contributed by atoms with Gasteiger partial charge in [0.1, 0.15) is 0 Å². The van der Waals surface area contributed by atoms with Gasteiger partial charge in [0.05, 0.1) is 42.6 Å². The Bertz CT molecular complexity index is 1140. The van der Waals surface area contributed by atoms with Crippen LogP contribution in [0.15, 0.2) is 34.7 Å². The largest absolute Gasteiger partial charge is 0.368 e. The summed E-state index contributed by atoms with van der Waals surface area (Å²) in [6, 6.07) is 3.82. The van der Waals surface area contributed by atoms with Gasteiger partial charge in [0.2, 0.25) is 0 Å². The van der Waals surface area contributed by atoms with E-state index in [4.69, 9.17) is 23.2 Å². The van der Waals surface area contributed by atoms with Gasteiger partial charge in [0, 0.05) is 31.2 Å². The number of ketones is 1. The zero-order valence-corrected chi connectivity index (χ0v) is 21.1. The molecule has 0 unspecified atom stereocenters. The SMILES string of the molecule is Cc1ccc(NC(=O)c2c(Cl)cncc2Cl)c(N2CCCC2)c1NC1=C(Br)C(=O)C1(C)C. The molecule has 32 heavy (non-hydrogen) atoms. The highest BCUT2D eigenvalue weighted by atomic mass is 79.9. The third kappa shape index (κ3) is 3.91. The fraction of sp³-hybridized carbons (Fsp3) is 0.348. The van der Waals surface area contributed by atoms with Crippen molar-refractivity contribution in [3.8, 4) is 0 Å². The third-order valence-corrected chi connectivity index (χ3v) is 7.33. The molecule has 1 fully saturated rings. The number of halogens is 3. The molecule has 1 aliphatic heterocycles. The number of pyridine rings is 1. The van der Waals surface area contributed by atoms with Crippen molar-refractivity contribution < 1.29 is 9.59 Å². The number of nitrogens with zero attached hydrogens (tertiary/aromatic N) is 2. The van der Waals surface area contributed by atoms with Gasteiger partial charge in [-0.05, 0) is 61.2 Å². The first-order valence-corrected chi connectivity index (χ1v) is 11.9. The lowest BCUT2D eigenvalue weighted by atomic mass is 9.74. The van der Waals surface area contributed by atoms with E-state index in [1.54, 1.807) is 0 Å². The molecule has 1 aromatic carbocycles. The van der Waals surface area contributed by atoms with Crippen LogP contribution in [0.5, 0.6) is 0 Å². The summed E-state index contributed by atoms with van der Waals surface area (Å²) in [6.07, 6.45) is 4.93. The average Bonchev–Trinajstić information content (AvgIpc) is 3.27. The zero-order chi connectivity index (χ0) is 23.2. The van der Waals surface area contributed by atoms with Crippen molar-refractivity contribution in [3.63, 3.8) is 0 Å². The molecule has 1 aliphatic carbocycles. The maximum absolute atomic E-state index is 13.1. The highest BCUT2D eigenvalue weighted by Gasteiger charge is 2.46. The predicted octanol–water partition coefficient (Wildman–Crippen LogP) is 6.18. The molecule has 2 heterocycles. The highest BCUT2D eigenvalue weighted by molar-refractivity contribution is 9.12. The summed E-state index contributed by atoms with van der Waals surface area (Å²) in [6.45, 7) is 7.55. The Kier molecular flexibility index (Phi) is 6.27. The molecule has 1 saturated heterocycles. The number of anilines is 3. The number of amides is 1. The molecule has 9 heteroatoms. The number of aryl methyl sites for hydroxylation is 1. The second kappa shape index (κ2) is 8.69. The van der Waals surface area contributed by atoms with Crippen LogP contribution in [0, 0.1) is 12.3 Å². The number of benzene rings is 1. The monoisotopic (exact) mass is 536 g/mol. The first-order chi connectivity index (χ1) is 15.1. The summed E-state index contributed by atoms with van der Waals surface area (Å²) in [5, 5.41) is 6.86. The lowest BCUT2D eigenvalue weighted by Gasteiger charge is -2.38. The fourth-order valence-electron chi connectivity index (χ4n) is 4.08. The van der Waals surface area contributed by atoms with E-state index in [2.05, 4.69) is 36.4 Å². The number of aromatic nitrogens is 1. The molecule has 1 amide bonds. The van der Waals surface area contributed by atoms with Crippen LogP contribution in [0.3, 0.4) is 0 Å². The number of carbonyl (C=O) groups excluding carboxylic acids is 2. The predicted molar refractivity (Wildman–Crippen MR) is 133 cm³/mol. The molecule has 2 aromatic rings. The summed E-state index contributed by atoms with van der Waals surface area (Å²) < 4.78 is 0.555. The van der Waals surface area contributed by atoms with Gasteiger partial charge in [-0.1, -0.05) is 29.3 Å². The summed E-state index contributed by atoms with van der Waals surface area (Å²) in [4.78, 5) is 31.6. The zero-order valence-electron chi connectivity index (χ0n) is 18.0. The number of hydrogen-bond acceptors (Lipinski definition) is 5. The van der Waals surface area contributed by atoms with Gasteiger partial charge in [0.15, 0.2) is 5.78 Å². The number of nitrogens with one attached hydrogen (secondary N) is 2. The molecule has 2 N–H and O–H groups in total. The molecule has 168 valence electrons. The summed E-state index contributed by atoms with van der Waals surface area (Å²) in [5.41, 5.74) is 3.81. The minimum Gasteiger partial charge on any atom is -0.368 e. The molecule has 0 saturated carbocycles. The Hall–Kier alpha value is -2.09. The van der Waals surface area contributed by atoms with Crippen molar-refractivity contribution >= 4 is 67.9 Å². The van der Waals surface area contributed by atoms with E-state index in [1.165, 1.54) is 12.4 Å². The number of Topliss-reactive ketones (excluding diaryl/α,β-unsaturated/α-hetero) is 1. The van der Waals surface area contributed by atoms with Crippen molar-refractivity contribution in [2.45, 2.75) is 33.6 Å². The van der Waals surface area contributed by atoms with Crippen molar-refractivity contribution in [2.24, 2.45) is 5.41 Å². The summed E-state index contributed by atoms with van der Waals surface area (Å²) in [7, 11) is 0. The maximum atomic E-state index is 13.1. The topological polar surface area (TPSA) is 74.3 Å². The van der Waals surface area contributed by atoms with Crippen molar-refractivity contribution in [3.05, 3.63) is 55.9 Å². The molecule has 4 rings (SSSR count). The van der Waals surface area contributed by atoms with Crippen LogP contribution in [0.25, 0.3) is 0 Å². The van der Waals surface area contributed by atoms with Gasteiger partial charge in [-0.25, -0.2) is 0 Å². The van der Waals surface area contributed by atoms with Crippen molar-refractivity contribution in [1.29, 1.82) is 0 Å². The first kappa shape index (κ1) is 23.1. The quantitative estimate of drug-likeness (QED) is 0.476. The molecule has 2 aliphatic rings. The lowest BCUT2D eigenvalue weighted by Crippen LogP contribution is -2.41. The van der Waals surface area contributed by atoms with Crippen LogP contribution in [0.1, 0.15) is 42.6 Å². The van der Waals surface area contributed by atoms with Gasteiger partial charge in [-0.2, -0.15) is 0 Å². The Morgan fingerprint density at radius 1 is 1.16 bits per heavy atom. The van der Waals surface area contributed by atoms with Crippen LogP contribution in [0.4, 0.5) is 17.1 Å². The van der Waals surface area contributed by atoms with Gasteiger partial charge >= 0.3 is 0 Å². The van der Waals surface area contributed by atoms with Gasteiger partial charge in [-0.15, -0.1) is 0 Å². The molecule has 0 spiro atoms.